The van der Waals surface area contributed by atoms with Crippen LogP contribution in [0.3, 0.4) is 0 Å². The maximum atomic E-state index is 11.2. The SMILES string of the molecule is CCS(=O)(=O)Cc1ncc(CC#N)s1. The topological polar surface area (TPSA) is 70.8 Å². The Labute approximate surface area is 87.1 Å². The third kappa shape index (κ3) is 3.09. The average Bonchev–Trinajstić information content (AvgIpc) is 2.53. The zero-order chi connectivity index (χ0) is 10.6. The van der Waals surface area contributed by atoms with Crippen molar-refractivity contribution in [2.45, 2.75) is 19.1 Å². The van der Waals surface area contributed by atoms with Gasteiger partial charge in [-0.05, 0) is 0 Å². The summed E-state index contributed by atoms with van der Waals surface area (Å²) in [6, 6.07) is 2.00. The van der Waals surface area contributed by atoms with Crippen LogP contribution in [0.5, 0.6) is 0 Å². The van der Waals surface area contributed by atoms with Crippen LogP contribution in [0.2, 0.25) is 0 Å². The fourth-order valence-corrected chi connectivity index (χ4v) is 2.94. The van der Waals surface area contributed by atoms with E-state index in [1.54, 1.807) is 13.1 Å². The van der Waals surface area contributed by atoms with Crippen LogP contribution in [-0.4, -0.2) is 19.2 Å². The fraction of sp³-hybridized carbons (Fsp3) is 0.500. The molecule has 0 saturated heterocycles. The van der Waals surface area contributed by atoms with Crippen molar-refractivity contribution >= 4 is 21.2 Å². The quantitative estimate of drug-likeness (QED) is 0.777. The number of nitriles is 1. The first-order chi connectivity index (χ1) is 6.57. The van der Waals surface area contributed by atoms with E-state index in [-0.39, 0.29) is 11.5 Å². The lowest BCUT2D eigenvalue weighted by Crippen LogP contribution is -2.05. The van der Waals surface area contributed by atoms with E-state index in [9.17, 15) is 8.42 Å². The minimum atomic E-state index is -3.01. The minimum Gasteiger partial charge on any atom is -0.248 e. The van der Waals surface area contributed by atoms with Gasteiger partial charge in [-0.3, -0.25) is 0 Å². The van der Waals surface area contributed by atoms with Gasteiger partial charge in [-0.1, -0.05) is 6.92 Å². The lowest BCUT2D eigenvalue weighted by molar-refractivity contribution is 0.596. The van der Waals surface area contributed by atoms with Gasteiger partial charge in [0, 0.05) is 16.8 Å². The third-order valence-corrected chi connectivity index (χ3v) is 4.41. The number of thiazole rings is 1. The predicted octanol–water partition coefficient (Wildman–Crippen LogP) is 1.14. The molecule has 14 heavy (non-hydrogen) atoms. The van der Waals surface area contributed by atoms with Gasteiger partial charge in [0.1, 0.15) is 10.8 Å². The van der Waals surface area contributed by atoms with Gasteiger partial charge in [0.15, 0.2) is 9.84 Å². The van der Waals surface area contributed by atoms with Crippen molar-refractivity contribution in [2.75, 3.05) is 5.75 Å². The summed E-state index contributed by atoms with van der Waals surface area (Å²) in [5.74, 6) is 0.111. The van der Waals surface area contributed by atoms with E-state index >= 15 is 0 Å². The van der Waals surface area contributed by atoms with Crippen molar-refractivity contribution in [3.63, 3.8) is 0 Å². The predicted molar refractivity (Wildman–Crippen MR) is 54.6 cm³/mol. The maximum Gasteiger partial charge on any atom is 0.156 e. The van der Waals surface area contributed by atoms with Gasteiger partial charge in [-0.25, -0.2) is 13.4 Å². The highest BCUT2D eigenvalue weighted by Crippen LogP contribution is 2.16. The van der Waals surface area contributed by atoms with Gasteiger partial charge in [0.2, 0.25) is 0 Å². The van der Waals surface area contributed by atoms with Crippen LogP contribution in [-0.2, 0) is 22.0 Å². The average molecular weight is 230 g/mol. The summed E-state index contributed by atoms with van der Waals surface area (Å²) in [5, 5.41) is 8.99. The van der Waals surface area contributed by atoms with Gasteiger partial charge >= 0.3 is 0 Å². The summed E-state index contributed by atoms with van der Waals surface area (Å²) < 4.78 is 22.5. The van der Waals surface area contributed by atoms with E-state index < -0.39 is 9.84 Å². The van der Waals surface area contributed by atoms with Crippen molar-refractivity contribution in [2.24, 2.45) is 0 Å². The van der Waals surface area contributed by atoms with Gasteiger partial charge in [0.05, 0.1) is 12.5 Å². The standard InChI is InChI=1S/C8H10N2O2S2/c1-2-14(11,12)6-8-10-5-7(13-8)3-4-9/h5H,2-3,6H2,1H3. The Bertz CT molecular complexity index is 442. The molecular formula is C8H10N2O2S2. The minimum absolute atomic E-state index is 0.0143. The maximum absolute atomic E-state index is 11.2. The lowest BCUT2D eigenvalue weighted by Gasteiger charge is -1.95. The lowest BCUT2D eigenvalue weighted by atomic mass is 10.4. The number of sulfone groups is 1. The zero-order valence-electron chi connectivity index (χ0n) is 7.73. The Kier molecular flexibility index (Phi) is 3.61. The van der Waals surface area contributed by atoms with E-state index in [4.69, 9.17) is 5.26 Å². The Morgan fingerprint density at radius 2 is 2.36 bits per heavy atom. The largest absolute Gasteiger partial charge is 0.248 e. The number of hydrogen-bond acceptors (Lipinski definition) is 5. The van der Waals surface area contributed by atoms with Crippen LogP contribution in [0.25, 0.3) is 0 Å². The fourth-order valence-electron chi connectivity index (χ4n) is 0.865. The molecule has 0 unspecified atom stereocenters. The number of nitrogens with zero attached hydrogens (tertiary/aromatic N) is 2. The zero-order valence-corrected chi connectivity index (χ0v) is 9.36. The molecule has 0 spiro atoms. The number of hydrogen-bond donors (Lipinski definition) is 0. The molecule has 0 saturated carbocycles. The van der Waals surface area contributed by atoms with E-state index in [1.165, 1.54) is 11.3 Å². The Hall–Kier alpha value is -0.930. The molecule has 0 aliphatic heterocycles. The van der Waals surface area contributed by atoms with Crippen LogP contribution in [0, 0.1) is 11.3 Å². The molecule has 0 atom stereocenters. The Morgan fingerprint density at radius 1 is 1.64 bits per heavy atom. The van der Waals surface area contributed by atoms with Crippen molar-refractivity contribution in [1.82, 2.24) is 4.98 Å². The second-order valence-corrected chi connectivity index (χ2v) is 6.28. The molecule has 1 aromatic heterocycles. The molecule has 76 valence electrons. The summed E-state index contributed by atoms with van der Waals surface area (Å²) in [7, 11) is -3.01. The normalized spacial score (nSPS) is 11.1. The van der Waals surface area contributed by atoms with Crippen LogP contribution >= 0.6 is 11.3 Å². The molecule has 1 aromatic rings. The van der Waals surface area contributed by atoms with Crippen LogP contribution in [0.1, 0.15) is 16.8 Å². The van der Waals surface area contributed by atoms with Gasteiger partial charge < -0.3 is 0 Å². The molecule has 0 aliphatic carbocycles. The monoisotopic (exact) mass is 230 g/mol. The first-order valence-corrected chi connectivity index (χ1v) is 6.72. The second-order valence-electron chi connectivity index (χ2n) is 2.73. The van der Waals surface area contributed by atoms with Crippen molar-refractivity contribution in [3.8, 4) is 6.07 Å². The molecule has 0 bridgehead atoms. The highest BCUT2D eigenvalue weighted by Gasteiger charge is 2.11. The molecule has 0 aliphatic rings. The number of rotatable bonds is 4. The highest BCUT2D eigenvalue weighted by atomic mass is 32.2. The molecule has 6 heteroatoms. The van der Waals surface area contributed by atoms with Crippen LogP contribution in [0.4, 0.5) is 0 Å². The summed E-state index contributed by atoms with van der Waals surface area (Å²) >= 11 is 1.29. The summed E-state index contributed by atoms with van der Waals surface area (Å²) in [6.45, 7) is 1.61. The molecular weight excluding hydrogens is 220 g/mol. The molecule has 1 rings (SSSR count). The van der Waals surface area contributed by atoms with Crippen molar-refractivity contribution in [3.05, 3.63) is 16.1 Å². The smallest absolute Gasteiger partial charge is 0.156 e. The summed E-state index contributed by atoms with van der Waals surface area (Å²) in [4.78, 5) is 4.77. The van der Waals surface area contributed by atoms with Gasteiger partial charge in [-0.15, -0.1) is 11.3 Å². The van der Waals surface area contributed by atoms with E-state index in [0.29, 0.717) is 11.4 Å². The first-order valence-electron chi connectivity index (χ1n) is 4.08. The van der Waals surface area contributed by atoms with E-state index in [0.717, 1.165) is 4.88 Å². The summed E-state index contributed by atoms with van der Waals surface area (Å²) in [6.07, 6.45) is 1.86. The van der Waals surface area contributed by atoms with Crippen LogP contribution in [0.15, 0.2) is 6.20 Å². The van der Waals surface area contributed by atoms with Crippen LogP contribution < -0.4 is 0 Å². The molecule has 0 amide bonds. The van der Waals surface area contributed by atoms with Gasteiger partial charge in [-0.2, -0.15) is 5.26 Å². The first kappa shape index (κ1) is 11.1. The Balaban J connectivity index is 2.75. The van der Waals surface area contributed by atoms with E-state index in [2.05, 4.69) is 4.98 Å². The third-order valence-electron chi connectivity index (χ3n) is 1.64. The Morgan fingerprint density at radius 3 is 2.93 bits per heavy atom. The molecule has 1 heterocycles. The summed E-state index contributed by atoms with van der Waals surface area (Å²) in [5.41, 5.74) is 0. The van der Waals surface area contributed by atoms with E-state index in [1.807, 2.05) is 6.07 Å². The van der Waals surface area contributed by atoms with Gasteiger partial charge in [0.25, 0.3) is 0 Å². The van der Waals surface area contributed by atoms with Crippen molar-refractivity contribution in [1.29, 1.82) is 5.26 Å². The molecule has 0 fully saturated rings. The molecule has 4 nitrogen and oxygen atoms in total. The number of aromatic nitrogens is 1. The molecule has 0 radical (unpaired) electrons. The second kappa shape index (κ2) is 4.53. The molecule has 0 aromatic carbocycles. The molecule has 0 N–H and O–H groups in total. The highest BCUT2D eigenvalue weighted by molar-refractivity contribution is 7.90. The van der Waals surface area contributed by atoms with Crippen molar-refractivity contribution < 1.29 is 8.42 Å².